The van der Waals surface area contributed by atoms with Crippen molar-refractivity contribution in [3.8, 4) is 10.4 Å². The minimum atomic E-state index is -0.281. The second kappa shape index (κ2) is 5.75. The van der Waals surface area contributed by atoms with Crippen LogP contribution in [0.1, 0.15) is 9.67 Å². The molecule has 0 saturated carbocycles. The fourth-order valence-corrected chi connectivity index (χ4v) is 2.41. The van der Waals surface area contributed by atoms with Crippen LogP contribution >= 0.6 is 11.3 Å². The van der Waals surface area contributed by atoms with Crippen LogP contribution in [0.5, 0.6) is 0 Å². The molecule has 3 nitrogen and oxygen atoms in total. The van der Waals surface area contributed by atoms with E-state index in [4.69, 9.17) is 5.11 Å². The summed E-state index contributed by atoms with van der Waals surface area (Å²) in [6.45, 7) is 0.157. The zero-order chi connectivity index (χ0) is 13.0. The van der Waals surface area contributed by atoms with Gasteiger partial charge in [-0.1, -0.05) is 12.1 Å². The predicted octanol–water partition coefficient (Wildman–Crippen LogP) is 2.28. The molecule has 0 spiro atoms. The van der Waals surface area contributed by atoms with Gasteiger partial charge in [-0.3, -0.25) is 4.79 Å². The van der Waals surface area contributed by atoms with Crippen molar-refractivity contribution in [3.05, 3.63) is 47.1 Å². The molecule has 0 fully saturated rings. The maximum absolute atomic E-state index is 12.8. The highest BCUT2D eigenvalue weighted by Gasteiger charge is 2.09. The first-order valence-electron chi connectivity index (χ1n) is 5.45. The van der Waals surface area contributed by atoms with E-state index < -0.39 is 0 Å². The molecule has 1 heterocycles. The first-order chi connectivity index (χ1) is 8.70. The second-order valence-electron chi connectivity index (χ2n) is 3.65. The normalized spacial score (nSPS) is 10.3. The van der Waals surface area contributed by atoms with Gasteiger partial charge in [0.25, 0.3) is 5.91 Å². The van der Waals surface area contributed by atoms with Gasteiger partial charge < -0.3 is 10.4 Å². The number of thiophene rings is 1. The van der Waals surface area contributed by atoms with Crippen molar-refractivity contribution in [3.63, 3.8) is 0 Å². The highest BCUT2D eigenvalue weighted by molar-refractivity contribution is 7.17. The van der Waals surface area contributed by atoms with Crippen molar-refractivity contribution in [2.75, 3.05) is 13.2 Å². The van der Waals surface area contributed by atoms with Crippen LogP contribution in [0.15, 0.2) is 36.4 Å². The van der Waals surface area contributed by atoms with E-state index >= 15 is 0 Å². The first-order valence-corrected chi connectivity index (χ1v) is 6.27. The van der Waals surface area contributed by atoms with Gasteiger partial charge in [0, 0.05) is 11.4 Å². The summed E-state index contributed by atoms with van der Waals surface area (Å²) in [4.78, 5) is 13.1. The topological polar surface area (TPSA) is 49.3 Å². The highest BCUT2D eigenvalue weighted by Crippen LogP contribution is 2.28. The van der Waals surface area contributed by atoms with Crippen LogP contribution in [0.25, 0.3) is 10.4 Å². The molecular formula is C13H12FNO2S. The summed E-state index contributed by atoms with van der Waals surface area (Å²) in [5, 5.41) is 11.2. The van der Waals surface area contributed by atoms with E-state index in [1.165, 1.54) is 23.5 Å². The average molecular weight is 265 g/mol. The standard InChI is InChI=1S/C13H12FNO2S/c14-10-3-1-9(2-4-10)11-5-6-12(18-11)13(17)15-7-8-16/h1-6,16H,7-8H2,(H,15,17). The van der Waals surface area contributed by atoms with Gasteiger partial charge in [0.05, 0.1) is 11.5 Å². The van der Waals surface area contributed by atoms with E-state index in [0.717, 1.165) is 10.4 Å². The maximum Gasteiger partial charge on any atom is 0.261 e. The molecule has 2 aromatic rings. The third-order valence-corrected chi connectivity index (χ3v) is 3.49. The second-order valence-corrected chi connectivity index (χ2v) is 4.73. The number of halogens is 1. The van der Waals surface area contributed by atoms with Gasteiger partial charge in [0.15, 0.2) is 0 Å². The molecule has 1 aromatic carbocycles. The molecular weight excluding hydrogens is 253 g/mol. The zero-order valence-corrected chi connectivity index (χ0v) is 10.3. The van der Waals surface area contributed by atoms with E-state index in [0.29, 0.717) is 4.88 Å². The lowest BCUT2D eigenvalue weighted by Crippen LogP contribution is -2.25. The molecule has 18 heavy (non-hydrogen) atoms. The Kier molecular flexibility index (Phi) is 4.07. The number of aliphatic hydroxyl groups is 1. The smallest absolute Gasteiger partial charge is 0.261 e. The van der Waals surface area contributed by atoms with Crippen molar-refractivity contribution in [1.82, 2.24) is 5.32 Å². The fraction of sp³-hybridized carbons (Fsp3) is 0.154. The predicted molar refractivity (Wildman–Crippen MR) is 69.1 cm³/mol. The van der Waals surface area contributed by atoms with Crippen LogP contribution in [0.2, 0.25) is 0 Å². The van der Waals surface area contributed by atoms with E-state index in [9.17, 15) is 9.18 Å². The lowest BCUT2D eigenvalue weighted by molar-refractivity contribution is 0.0949. The Balaban J connectivity index is 2.15. The Morgan fingerprint density at radius 1 is 1.22 bits per heavy atom. The van der Waals surface area contributed by atoms with Gasteiger partial charge in [-0.2, -0.15) is 0 Å². The summed E-state index contributed by atoms with van der Waals surface area (Å²) >= 11 is 1.33. The van der Waals surface area contributed by atoms with Crippen LogP contribution < -0.4 is 5.32 Å². The van der Waals surface area contributed by atoms with Crippen molar-refractivity contribution >= 4 is 17.2 Å². The summed E-state index contributed by atoms with van der Waals surface area (Å²) in [5.74, 6) is -0.487. The summed E-state index contributed by atoms with van der Waals surface area (Å²) in [5.41, 5.74) is 0.877. The Morgan fingerprint density at radius 3 is 2.61 bits per heavy atom. The fourth-order valence-electron chi connectivity index (χ4n) is 1.49. The number of carbonyl (C=O) groups is 1. The molecule has 2 N–H and O–H groups in total. The molecule has 0 bridgehead atoms. The number of benzene rings is 1. The molecule has 94 valence electrons. The quantitative estimate of drug-likeness (QED) is 0.891. The van der Waals surface area contributed by atoms with E-state index in [2.05, 4.69) is 5.32 Å². The highest BCUT2D eigenvalue weighted by atomic mass is 32.1. The third kappa shape index (κ3) is 2.94. The monoisotopic (exact) mass is 265 g/mol. The van der Waals surface area contributed by atoms with E-state index in [-0.39, 0.29) is 24.9 Å². The molecule has 0 unspecified atom stereocenters. The minimum absolute atomic E-state index is 0.0814. The average Bonchev–Trinajstić information content (AvgIpc) is 2.86. The summed E-state index contributed by atoms with van der Waals surface area (Å²) in [6, 6.07) is 9.68. The van der Waals surface area contributed by atoms with Crippen LogP contribution in [0.3, 0.4) is 0 Å². The molecule has 0 aliphatic rings. The summed E-state index contributed by atoms with van der Waals surface area (Å²) in [7, 11) is 0. The number of amides is 1. The van der Waals surface area contributed by atoms with E-state index in [1.807, 2.05) is 6.07 Å². The number of rotatable bonds is 4. The molecule has 5 heteroatoms. The lowest BCUT2D eigenvalue weighted by Gasteiger charge is -1.99. The molecule has 0 aliphatic heterocycles. The third-order valence-electron chi connectivity index (χ3n) is 2.36. The number of carbonyl (C=O) groups excluding carboxylic acids is 1. The zero-order valence-electron chi connectivity index (χ0n) is 9.52. The summed E-state index contributed by atoms with van der Waals surface area (Å²) < 4.78 is 12.8. The number of nitrogens with one attached hydrogen (secondary N) is 1. The van der Waals surface area contributed by atoms with Gasteiger partial charge in [0.2, 0.25) is 0 Å². The Labute approximate surface area is 108 Å². The molecule has 0 aliphatic carbocycles. The van der Waals surface area contributed by atoms with Gasteiger partial charge in [-0.05, 0) is 29.8 Å². The SMILES string of the molecule is O=C(NCCO)c1ccc(-c2ccc(F)cc2)s1. The van der Waals surface area contributed by atoms with Crippen molar-refractivity contribution in [1.29, 1.82) is 0 Å². The minimum Gasteiger partial charge on any atom is -0.395 e. The Bertz CT molecular complexity index is 536. The van der Waals surface area contributed by atoms with Crippen LogP contribution in [0.4, 0.5) is 4.39 Å². The maximum atomic E-state index is 12.8. The lowest BCUT2D eigenvalue weighted by atomic mass is 10.2. The molecule has 1 aromatic heterocycles. The van der Waals surface area contributed by atoms with Crippen LogP contribution in [-0.2, 0) is 0 Å². The Morgan fingerprint density at radius 2 is 1.94 bits per heavy atom. The first kappa shape index (κ1) is 12.7. The number of aliphatic hydroxyl groups excluding tert-OH is 1. The van der Waals surface area contributed by atoms with E-state index in [1.54, 1.807) is 18.2 Å². The van der Waals surface area contributed by atoms with Gasteiger partial charge in [-0.15, -0.1) is 11.3 Å². The largest absolute Gasteiger partial charge is 0.395 e. The van der Waals surface area contributed by atoms with Crippen LogP contribution in [-0.4, -0.2) is 24.2 Å². The Hall–Kier alpha value is -1.72. The molecule has 0 atom stereocenters. The molecule has 2 rings (SSSR count). The van der Waals surface area contributed by atoms with Crippen molar-refractivity contribution < 1.29 is 14.3 Å². The van der Waals surface area contributed by atoms with Crippen molar-refractivity contribution in [2.24, 2.45) is 0 Å². The van der Waals surface area contributed by atoms with Crippen molar-refractivity contribution in [2.45, 2.75) is 0 Å². The molecule has 0 saturated heterocycles. The molecule has 0 radical (unpaired) electrons. The van der Waals surface area contributed by atoms with Gasteiger partial charge in [0.1, 0.15) is 5.82 Å². The van der Waals surface area contributed by atoms with Gasteiger partial charge in [-0.25, -0.2) is 4.39 Å². The van der Waals surface area contributed by atoms with Crippen LogP contribution in [0, 0.1) is 5.82 Å². The van der Waals surface area contributed by atoms with Gasteiger partial charge >= 0.3 is 0 Å². The number of hydrogen-bond donors (Lipinski definition) is 2. The number of hydrogen-bond acceptors (Lipinski definition) is 3. The summed E-state index contributed by atoms with van der Waals surface area (Å²) in [6.07, 6.45) is 0. The molecule has 1 amide bonds.